The van der Waals surface area contributed by atoms with Crippen LogP contribution in [0.4, 0.5) is 18.0 Å². The molecule has 11 nitrogen and oxygen atoms in total. The van der Waals surface area contributed by atoms with Gasteiger partial charge in [0.25, 0.3) is 0 Å². The van der Waals surface area contributed by atoms with E-state index in [1.54, 1.807) is 20.8 Å². The molecule has 15 heteroatoms. The second kappa shape index (κ2) is 11.6. The van der Waals surface area contributed by atoms with Crippen molar-refractivity contribution in [3.05, 3.63) is 0 Å². The van der Waals surface area contributed by atoms with Crippen LogP contribution in [0, 0.1) is 5.92 Å². The quantitative estimate of drug-likeness (QED) is 0.454. The van der Waals surface area contributed by atoms with Crippen molar-refractivity contribution in [2.75, 3.05) is 6.54 Å². The summed E-state index contributed by atoms with van der Waals surface area (Å²) in [5.74, 6) is -3.05. The fraction of sp³-hybridized carbons (Fsp3) is 0.833. The number of nitrogens with zero attached hydrogens (tertiary/aromatic N) is 1. The number of primary sulfonamides is 1. The maximum Gasteiger partial charge on any atom is 0.549 e. The van der Waals surface area contributed by atoms with Crippen LogP contribution in [0.3, 0.4) is 0 Å². The number of hydrogen-bond acceptors (Lipinski definition) is 7. The summed E-state index contributed by atoms with van der Waals surface area (Å²) in [4.78, 5) is 53.5. The smallest absolute Gasteiger partial charge is 0.444 e. The van der Waals surface area contributed by atoms with Crippen molar-refractivity contribution in [2.45, 2.75) is 114 Å². The van der Waals surface area contributed by atoms with Crippen molar-refractivity contribution >= 4 is 33.8 Å². The van der Waals surface area contributed by atoms with Crippen molar-refractivity contribution in [2.24, 2.45) is 5.92 Å². The number of rotatable bonds is 3. The Hall–Kier alpha value is -2.42. The number of hydrogen-bond donors (Lipinski definition) is 3. The Bertz CT molecular complexity index is 1080. The molecular formula is C24H38F3N4O7S+. The molecule has 3 fully saturated rings. The van der Waals surface area contributed by atoms with E-state index >= 15 is 0 Å². The van der Waals surface area contributed by atoms with Gasteiger partial charge in [-0.2, -0.15) is 26.3 Å². The first kappa shape index (κ1) is 31.1. The van der Waals surface area contributed by atoms with Crippen LogP contribution in [0.5, 0.6) is 0 Å². The van der Waals surface area contributed by atoms with E-state index in [0.29, 0.717) is 32.1 Å². The lowest BCUT2D eigenvalue weighted by Gasteiger charge is -2.30. The Morgan fingerprint density at radius 1 is 1.03 bits per heavy atom. The Morgan fingerprint density at radius 2 is 1.64 bits per heavy atom. The third kappa shape index (κ3) is 7.62. The van der Waals surface area contributed by atoms with Crippen LogP contribution in [0.25, 0.3) is 0 Å². The Balaban J connectivity index is 1.83. The summed E-state index contributed by atoms with van der Waals surface area (Å²) in [6, 6.07) is -1.97. The average Bonchev–Trinajstić information content (AvgIpc) is 3.25. The minimum absolute atomic E-state index is 0.0188. The first-order chi connectivity index (χ1) is 18.0. The van der Waals surface area contributed by atoms with Gasteiger partial charge >= 0.3 is 27.5 Å². The third-order valence-corrected chi connectivity index (χ3v) is 8.52. The van der Waals surface area contributed by atoms with Gasteiger partial charge in [0.05, 0.1) is 0 Å². The van der Waals surface area contributed by atoms with Gasteiger partial charge in [-0.25, -0.2) is 9.59 Å². The highest BCUT2D eigenvalue weighted by Gasteiger charge is 2.66. The van der Waals surface area contributed by atoms with E-state index in [-0.39, 0.29) is 24.1 Å². The molecule has 0 aromatic rings. The van der Waals surface area contributed by atoms with Crippen molar-refractivity contribution in [3.8, 4) is 0 Å². The number of nitrogens with two attached hydrogens (primary N) is 1. The van der Waals surface area contributed by atoms with Gasteiger partial charge in [0.1, 0.15) is 17.7 Å². The van der Waals surface area contributed by atoms with Crippen LogP contribution in [-0.4, -0.2) is 72.4 Å². The molecule has 2 aliphatic heterocycles. The summed E-state index contributed by atoms with van der Waals surface area (Å²) >= 11 is 0. The lowest BCUT2D eigenvalue weighted by Crippen LogP contribution is -2.96. The van der Waals surface area contributed by atoms with Crippen molar-refractivity contribution in [3.63, 3.8) is 0 Å². The molecule has 0 spiro atoms. The molecule has 3 rings (SSSR count). The van der Waals surface area contributed by atoms with Crippen molar-refractivity contribution in [1.82, 2.24) is 15.5 Å². The molecule has 39 heavy (non-hydrogen) atoms. The molecule has 2 heterocycles. The molecule has 4 atom stereocenters. The summed E-state index contributed by atoms with van der Waals surface area (Å²) in [6.45, 7) is 5.27. The van der Waals surface area contributed by atoms with E-state index in [1.807, 2.05) is 0 Å². The Labute approximate surface area is 226 Å². The molecule has 0 radical (unpaired) electrons. The lowest BCUT2D eigenvalue weighted by atomic mass is 10.0. The lowest BCUT2D eigenvalue weighted by molar-refractivity contribution is -0.425. The molecule has 4 amide bonds. The number of primary amides is 1. The number of quaternary nitrogens is 1. The van der Waals surface area contributed by atoms with E-state index in [2.05, 4.69) is 10.6 Å². The van der Waals surface area contributed by atoms with Gasteiger partial charge < -0.3 is 20.3 Å². The number of carbonyl (C=O) groups excluding carboxylic acids is 4. The van der Waals surface area contributed by atoms with E-state index in [0.717, 1.165) is 19.3 Å². The summed E-state index contributed by atoms with van der Waals surface area (Å²) in [7, 11) is -5.84. The monoisotopic (exact) mass is 583 g/mol. The van der Waals surface area contributed by atoms with Crippen LogP contribution in [-0.2, 0) is 29.1 Å². The molecule has 0 bridgehead atoms. The highest BCUT2D eigenvalue weighted by atomic mass is 32.2. The molecule has 2 saturated heterocycles. The zero-order valence-corrected chi connectivity index (χ0v) is 23.3. The first-order valence-corrected chi connectivity index (χ1v) is 14.8. The number of alkyl halides is 3. The fourth-order valence-corrected chi connectivity index (χ4v) is 5.92. The van der Waals surface area contributed by atoms with Gasteiger partial charge in [0.2, 0.25) is 11.8 Å². The molecular weight excluding hydrogens is 545 g/mol. The predicted octanol–water partition coefficient (Wildman–Crippen LogP) is 1.43. The molecule has 3 aliphatic rings. The number of sulfonamides is 1. The van der Waals surface area contributed by atoms with E-state index in [9.17, 15) is 40.8 Å². The van der Waals surface area contributed by atoms with Crippen LogP contribution < -0.4 is 15.4 Å². The molecule has 4 unspecified atom stereocenters. The summed E-state index contributed by atoms with van der Waals surface area (Å²) in [6.07, 6.45) is 4.27. The van der Waals surface area contributed by atoms with Crippen LogP contribution in [0.2, 0.25) is 0 Å². The molecule has 1 aliphatic carbocycles. The van der Waals surface area contributed by atoms with Crippen molar-refractivity contribution in [1.29, 1.82) is 0 Å². The van der Waals surface area contributed by atoms with E-state index in [1.165, 1.54) is 4.90 Å². The highest BCUT2D eigenvalue weighted by molar-refractivity contribution is 7.85. The zero-order chi connectivity index (χ0) is 29.2. The number of fused-ring (bicyclic) bond motifs is 2. The molecule has 0 aromatic carbocycles. The predicted molar refractivity (Wildman–Crippen MR) is 131 cm³/mol. The number of amides is 4. The maximum absolute atomic E-state index is 13.5. The third-order valence-electron chi connectivity index (χ3n) is 7.35. The minimum Gasteiger partial charge on any atom is -0.444 e. The molecule has 0 aromatic heterocycles. The minimum atomic E-state index is -5.84. The van der Waals surface area contributed by atoms with Gasteiger partial charge in [0.15, 0.2) is 5.54 Å². The SMILES string of the molecule is CC(C)(C)OC(=O)NC1CCCCCCCC2CC2(C(=O)[NH2+]S(=O)(=O)C(F)(F)F)NC(=O)C2CCCN2C1=O. The number of ether oxygens (including phenoxy) is 1. The second-order valence-corrected chi connectivity index (χ2v) is 13.4. The maximum atomic E-state index is 13.5. The zero-order valence-electron chi connectivity index (χ0n) is 22.4. The van der Waals surface area contributed by atoms with Gasteiger partial charge in [0, 0.05) is 6.54 Å². The number of carbonyl (C=O) groups is 4. The van der Waals surface area contributed by atoms with Crippen LogP contribution in [0.15, 0.2) is 0 Å². The summed E-state index contributed by atoms with van der Waals surface area (Å²) < 4.78 is 67.2. The first-order valence-electron chi connectivity index (χ1n) is 13.3. The van der Waals surface area contributed by atoms with Gasteiger partial charge in [-0.1, -0.05) is 32.1 Å². The number of nitrogens with one attached hydrogen (secondary N) is 2. The Morgan fingerprint density at radius 3 is 2.26 bits per heavy atom. The Kier molecular flexibility index (Phi) is 9.25. The summed E-state index contributed by atoms with van der Waals surface area (Å²) in [5.41, 5.74) is -8.19. The topological polar surface area (TPSA) is 156 Å². The average molecular weight is 584 g/mol. The van der Waals surface area contributed by atoms with Crippen molar-refractivity contribution < 1.29 is 50.2 Å². The van der Waals surface area contributed by atoms with E-state index < -0.39 is 68.5 Å². The summed E-state index contributed by atoms with van der Waals surface area (Å²) in [5, 5.41) is 5.14. The molecule has 222 valence electrons. The van der Waals surface area contributed by atoms with E-state index in [4.69, 9.17) is 4.74 Å². The molecule has 4 N–H and O–H groups in total. The normalized spacial score (nSPS) is 29.3. The standard InChI is InChI=1S/C24H37F3N4O7S/c1-22(2,3)38-21(35)28-16-11-8-6-4-5-7-10-15-14-23(15,20(34)30-39(36,37)24(25,26)27)29-18(32)17-12-9-13-31(17)19(16)33/h15-17H,4-14H2,1-3H3,(H,28,35)(H,29,32)(H,30,34)/p+1. The fourth-order valence-electron chi connectivity index (χ4n) is 5.29. The number of halogens is 3. The van der Waals surface area contributed by atoms with Crippen LogP contribution >= 0.6 is 0 Å². The van der Waals surface area contributed by atoms with Gasteiger partial charge in [-0.05, 0) is 58.8 Å². The van der Waals surface area contributed by atoms with Gasteiger partial charge in [-0.3, -0.25) is 9.59 Å². The molecule has 1 saturated carbocycles. The number of alkyl carbamates (subject to hydrolysis) is 1. The second-order valence-electron chi connectivity index (χ2n) is 11.6. The van der Waals surface area contributed by atoms with Gasteiger partial charge in [-0.15, -0.1) is 0 Å². The highest BCUT2D eigenvalue weighted by Crippen LogP contribution is 2.47. The van der Waals surface area contributed by atoms with Crippen LogP contribution in [0.1, 0.15) is 85.0 Å². The largest absolute Gasteiger partial charge is 0.549 e.